The average molecular weight is 2130 g/mol. The van der Waals surface area contributed by atoms with Crippen molar-refractivity contribution in [3.8, 4) is 51.7 Å². The number of nitrogens with one attached hydrogen (secondary N) is 2. The van der Waals surface area contributed by atoms with E-state index in [-0.39, 0.29) is 89.4 Å². The number of nitrogen functional groups attached to an aromatic ring is 1. The number of carbonyl (C=O) groups excluding carboxylic acids is 5. The molecule has 778 valence electrons. The number of rotatable bonds is 34. The Kier molecular flexibility index (Phi) is 44.6. The summed E-state index contributed by atoms with van der Waals surface area (Å²) in [4.78, 5) is 82.6. The number of anilines is 6. The number of methoxy groups -OCH3 is 5. The second-order valence-electron chi connectivity index (χ2n) is 35.7. The van der Waals surface area contributed by atoms with E-state index in [9.17, 15) is 73.4 Å². The second kappa shape index (κ2) is 52.9. The molecule has 143 heavy (non-hydrogen) atoms. The number of amides is 3. The van der Waals surface area contributed by atoms with E-state index in [4.69, 9.17) is 78.4 Å². The molecule has 3 atom stereocenters. The molecule has 0 spiro atoms. The van der Waals surface area contributed by atoms with Gasteiger partial charge in [-0.3, -0.25) is 33.7 Å². The third kappa shape index (κ3) is 35.3. The summed E-state index contributed by atoms with van der Waals surface area (Å²) in [6, 6.07) is 42.2. The van der Waals surface area contributed by atoms with Gasteiger partial charge in [0.2, 0.25) is 5.91 Å². The van der Waals surface area contributed by atoms with Gasteiger partial charge in [0.25, 0.3) is 11.8 Å². The molecule has 3 heterocycles. The van der Waals surface area contributed by atoms with Crippen LogP contribution in [-0.2, 0) is 57.5 Å². The van der Waals surface area contributed by atoms with Crippen molar-refractivity contribution in [2.75, 3.05) is 113 Å². The van der Waals surface area contributed by atoms with Gasteiger partial charge in [-0.15, -0.1) is 39.5 Å². The third-order valence-electron chi connectivity index (χ3n) is 23.4. The number of halogens is 13. The van der Waals surface area contributed by atoms with Crippen LogP contribution in [0.3, 0.4) is 0 Å². The first-order chi connectivity index (χ1) is 66.0. The molecular weight excluding hydrogens is 2000 g/mol. The van der Waals surface area contributed by atoms with Crippen molar-refractivity contribution in [3.05, 3.63) is 229 Å². The summed E-state index contributed by atoms with van der Waals surface area (Å²) in [7, 11) is 7.26. The Morgan fingerprint density at radius 3 is 1.01 bits per heavy atom. The van der Waals surface area contributed by atoms with E-state index >= 15 is 0 Å². The summed E-state index contributed by atoms with van der Waals surface area (Å²) in [5, 5.41) is 17.5. The third-order valence-corrected chi connectivity index (χ3v) is 25.0. The van der Waals surface area contributed by atoms with Crippen molar-refractivity contribution in [3.63, 3.8) is 0 Å². The van der Waals surface area contributed by atoms with E-state index < -0.39 is 75.6 Å². The Balaban J connectivity index is 0.000000403. The predicted molar refractivity (Wildman–Crippen MR) is 536 cm³/mol. The van der Waals surface area contributed by atoms with Gasteiger partial charge < -0.3 is 93.8 Å². The van der Waals surface area contributed by atoms with Crippen molar-refractivity contribution in [1.82, 2.24) is 4.90 Å². The van der Waals surface area contributed by atoms with E-state index in [2.05, 4.69) is 80.3 Å². The molecule has 3 amide bonds. The molecular formula is C103H125BrCl3F9LiN7O19. The van der Waals surface area contributed by atoms with E-state index in [1.807, 2.05) is 27.7 Å². The first kappa shape index (κ1) is 120. The topological polar surface area (TPSA) is 317 Å². The van der Waals surface area contributed by atoms with Crippen molar-refractivity contribution in [2.45, 2.75) is 184 Å². The summed E-state index contributed by atoms with van der Waals surface area (Å²) in [5.41, 5.74) is 12.6. The Labute approximate surface area is 865 Å². The predicted octanol–water partition coefficient (Wildman–Crippen LogP) is 21.7. The number of nitrogens with zero attached hydrogens (tertiary/aromatic N) is 4. The zero-order valence-electron chi connectivity index (χ0n) is 83.3. The first-order valence-electron chi connectivity index (χ1n) is 44.9. The van der Waals surface area contributed by atoms with Crippen molar-refractivity contribution < 1.29 is 153 Å². The molecule has 0 saturated carbocycles. The normalized spacial score (nSPS) is 13.2. The van der Waals surface area contributed by atoms with Gasteiger partial charge in [-0.2, -0.15) is 0 Å². The fraction of sp³-hybridized carbons (Fsp3) is 0.417. The first-order valence-corrected chi connectivity index (χ1v) is 47.0. The maximum atomic E-state index is 14.2. The SMILES string of the molecule is CCN(C(C)C)C(C)C.COC(=O)C(C)(C)CCOc1cc(N)cc(OC)c1.COC(=O)C(C)(C)CCOc1cc(NC(C(=O)N2CCc3ccc(OC(F)(F)F)cc32)c2ccc(Cl)cc2C)cc(OC)c1.COc1cc(NC(C(=O)N2CCc3ccc(OC(F)(F)F)cc32)c2ccc(Cl)cc2C)cc(OCCC(C)(C)C(=O)O)c1.Cc1cc(Cl)ccc1C(Br)C(=O)N1CCc2ccc(OC(F)(F)F)cc21.[HH].[HH].[Li+].[OH-]. The van der Waals surface area contributed by atoms with Crippen molar-refractivity contribution >= 4 is 120 Å². The molecule has 3 aliphatic heterocycles. The molecule has 9 aromatic rings. The molecule has 26 nitrogen and oxygen atoms in total. The van der Waals surface area contributed by atoms with Crippen molar-refractivity contribution in [2.24, 2.45) is 16.2 Å². The maximum absolute atomic E-state index is 14.2. The van der Waals surface area contributed by atoms with Crippen LogP contribution in [0.5, 0.6) is 51.7 Å². The number of aryl methyl sites for hydroxylation is 3. The Morgan fingerprint density at radius 1 is 0.434 bits per heavy atom. The van der Waals surface area contributed by atoms with Gasteiger partial charge >= 0.3 is 55.9 Å². The van der Waals surface area contributed by atoms with Crippen LogP contribution in [0.15, 0.2) is 164 Å². The van der Waals surface area contributed by atoms with E-state index in [0.29, 0.717) is 152 Å². The van der Waals surface area contributed by atoms with Crippen LogP contribution in [0.4, 0.5) is 73.6 Å². The fourth-order valence-electron chi connectivity index (χ4n) is 15.6. The molecule has 0 radical (unpaired) electrons. The molecule has 6 N–H and O–H groups in total. The molecule has 0 bridgehead atoms. The number of carbonyl (C=O) groups is 6. The minimum absolute atomic E-state index is 0. The number of nitrogens with two attached hydrogens (primary N) is 1. The van der Waals surface area contributed by atoms with Gasteiger partial charge in [0.1, 0.15) is 68.7 Å². The summed E-state index contributed by atoms with van der Waals surface area (Å²) >= 11 is 21.8. The molecule has 3 aliphatic rings. The molecule has 12 rings (SSSR count). The minimum Gasteiger partial charge on any atom is -0.870 e. The number of carboxylic acids is 1. The number of ether oxygens (including phenoxy) is 11. The van der Waals surface area contributed by atoms with Crippen LogP contribution in [0.1, 0.15) is 165 Å². The van der Waals surface area contributed by atoms with E-state index in [1.54, 1.807) is 157 Å². The number of hydrogen-bond donors (Lipinski definition) is 4. The van der Waals surface area contributed by atoms with Gasteiger partial charge in [-0.1, -0.05) is 94.1 Å². The minimum atomic E-state index is -4.87. The maximum Gasteiger partial charge on any atom is 1.00 e. The number of esters is 2. The quantitative estimate of drug-likeness (QED) is 0.00957. The number of carboxylic acid groups (broad SMARTS) is 1. The van der Waals surface area contributed by atoms with Gasteiger partial charge in [-0.25, -0.2) is 0 Å². The molecule has 0 saturated heterocycles. The number of benzene rings is 9. The Morgan fingerprint density at radius 2 is 0.727 bits per heavy atom. The van der Waals surface area contributed by atoms with Crippen molar-refractivity contribution in [1.29, 1.82) is 0 Å². The molecule has 40 heteroatoms. The summed E-state index contributed by atoms with van der Waals surface area (Å²) in [5.74, 6) is -0.775. The number of alkyl halides is 10. The second-order valence-corrected chi connectivity index (χ2v) is 38.0. The number of fused-ring (bicyclic) bond motifs is 3. The largest absolute Gasteiger partial charge is 1.00 e. The number of aliphatic carboxylic acids is 1. The average Bonchev–Trinajstić information content (AvgIpc) is 1.70. The zero-order valence-corrected chi connectivity index (χ0v) is 87.1. The van der Waals surface area contributed by atoms with Crippen LogP contribution < -0.4 is 92.6 Å². The summed E-state index contributed by atoms with van der Waals surface area (Å²) in [6.45, 7) is 29.9. The van der Waals surface area contributed by atoms with E-state index in [0.717, 1.165) is 45.5 Å². The summed E-state index contributed by atoms with van der Waals surface area (Å²) < 4.78 is 170. The Hall–Kier alpha value is -11.4. The zero-order chi connectivity index (χ0) is 105. The molecule has 0 aliphatic carbocycles. The smallest absolute Gasteiger partial charge is 0.870 e. The standard InChI is InChI=1S/C32H34ClF3N2O6.C31H32ClF3N2O6.C18H14BrClF3NO2.C14H21NO4.C8H19N.Li.H2O.2H2/c1-19-14-21(33)7-9-26(19)28(29(39)38-12-10-20-6-8-23(18-27(20)38)44-32(34,35)36)37-22-15-24(41-4)17-25(16-22)43-13-11-31(2,3)30(40)42-5;1-18-13-20(32)6-8-25(18)27(28(38)37-11-9-19-5-7-22(17-26(19)37)43-31(33,34)35)36-21-14-23(41-4)16-24(15-21)42-12-10-30(2,3)29(39)40;1-10-8-12(20)3-5-14(10)16(19)17(25)24-7-6-11-2-4-13(9-15(11)24)26-18(21,22)23;1-14(2,13(16)18-4)5-6-19-12-8-10(15)7-11(9-12)17-3;1-6-9(7(2)3)8(4)5;;;;/h6-9,14-18,28,37H,10-13H2,1-5H3;5-8,13-17,27,36H,9-12H2,1-4H3,(H,39,40);2-5,8-9,16H,6-7H2,1H3;7-9H,5-6,15H2,1-4H3;7-8H,6H2,1-5H3;;1H2;2*1H/q;;;;;+1;;;/p-1. The van der Waals surface area contributed by atoms with Gasteiger partial charge in [0, 0.05) is 139 Å². The van der Waals surface area contributed by atoms with Crippen LogP contribution in [0.25, 0.3) is 0 Å². The fourth-order valence-corrected chi connectivity index (χ4v) is 17.1. The molecule has 0 fully saturated rings. The van der Waals surface area contributed by atoms with Crippen LogP contribution in [0, 0.1) is 37.0 Å². The molecule has 9 aromatic carbocycles. The van der Waals surface area contributed by atoms with Crippen LogP contribution in [0.2, 0.25) is 15.1 Å². The Bertz CT molecular complexity index is 5850. The van der Waals surface area contributed by atoms with Gasteiger partial charge in [0.15, 0.2) is 0 Å². The monoisotopic (exact) mass is 2130 g/mol. The van der Waals surface area contributed by atoms with Crippen LogP contribution in [-0.4, -0.2) is 164 Å². The molecule has 0 aromatic heterocycles. The molecule has 3 unspecified atom stereocenters. The van der Waals surface area contributed by atoms with E-state index in [1.165, 1.54) is 91.7 Å². The van der Waals surface area contributed by atoms with Gasteiger partial charge in [0.05, 0.1) is 88.7 Å². The number of hydrogen-bond acceptors (Lipinski definition) is 22. The van der Waals surface area contributed by atoms with Crippen LogP contribution >= 0.6 is 50.7 Å². The van der Waals surface area contributed by atoms with Gasteiger partial charge in [-0.05, 0) is 240 Å². The summed E-state index contributed by atoms with van der Waals surface area (Å²) in [6.07, 6.45) is -11.8.